The van der Waals surface area contributed by atoms with Crippen molar-refractivity contribution in [2.75, 3.05) is 5.73 Å². The number of hydrogen-bond acceptors (Lipinski definition) is 2. The molecule has 0 bridgehead atoms. The molecule has 0 saturated heterocycles. The van der Waals surface area contributed by atoms with E-state index in [2.05, 4.69) is 34.9 Å². The highest BCUT2D eigenvalue weighted by Crippen LogP contribution is 2.29. The minimum Gasteiger partial charge on any atom is -0.396 e. The highest BCUT2D eigenvalue weighted by molar-refractivity contribution is 9.10. The number of halogens is 1. The molecule has 0 radical (unpaired) electrons. The molecule has 0 aliphatic heterocycles. The van der Waals surface area contributed by atoms with Gasteiger partial charge in [-0.2, -0.15) is 5.10 Å². The first-order valence-corrected chi connectivity index (χ1v) is 5.98. The number of rotatable bonds is 2. The van der Waals surface area contributed by atoms with E-state index >= 15 is 0 Å². The van der Waals surface area contributed by atoms with Crippen molar-refractivity contribution in [1.29, 1.82) is 0 Å². The Hall–Kier alpha value is -1.29. The maximum absolute atomic E-state index is 5.96. The Morgan fingerprint density at radius 2 is 2.12 bits per heavy atom. The molecule has 2 rings (SSSR count). The van der Waals surface area contributed by atoms with Crippen LogP contribution in [0.2, 0.25) is 0 Å². The van der Waals surface area contributed by atoms with E-state index in [1.54, 1.807) is 6.20 Å². The number of nitrogen functional groups attached to an aromatic ring is 1. The summed E-state index contributed by atoms with van der Waals surface area (Å²) in [6.07, 6.45) is 1.70. The molecule has 0 unspecified atom stereocenters. The van der Waals surface area contributed by atoms with Gasteiger partial charge < -0.3 is 5.73 Å². The van der Waals surface area contributed by atoms with Crippen molar-refractivity contribution >= 4 is 21.6 Å². The van der Waals surface area contributed by atoms with Crippen LogP contribution in [0.3, 0.4) is 0 Å². The lowest BCUT2D eigenvalue weighted by Gasteiger charge is -2.11. The molecule has 16 heavy (non-hydrogen) atoms. The summed E-state index contributed by atoms with van der Waals surface area (Å²) in [5.41, 5.74) is 8.74. The van der Waals surface area contributed by atoms with Gasteiger partial charge in [-0.25, -0.2) is 0 Å². The Morgan fingerprint density at radius 3 is 2.75 bits per heavy atom. The van der Waals surface area contributed by atoms with E-state index in [4.69, 9.17) is 5.73 Å². The first-order valence-electron chi connectivity index (χ1n) is 5.18. The lowest BCUT2D eigenvalue weighted by atomic mass is 10.1. The predicted molar refractivity (Wildman–Crippen MR) is 70.2 cm³/mol. The SMILES string of the molecule is CC(C)n1ncc(N)c1-c1cccc(Br)c1. The minimum atomic E-state index is 0.297. The molecular formula is C12H14BrN3. The molecule has 2 N–H and O–H groups in total. The Balaban J connectivity index is 2.59. The highest BCUT2D eigenvalue weighted by Gasteiger charge is 2.12. The van der Waals surface area contributed by atoms with Gasteiger partial charge in [-0.3, -0.25) is 4.68 Å². The van der Waals surface area contributed by atoms with E-state index in [0.717, 1.165) is 15.7 Å². The summed E-state index contributed by atoms with van der Waals surface area (Å²) in [4.78, 5) is 0. The van der Waals surface area contributed by atoms with Gasteiger partial charge in [0, 0.05) is 16.1 Å². The quantitative estimate of drug-likeness (QED) is 0.915. The van der Waals surface area contributed by atoms with E-state index in [1.165, 1.54) is 0 Å². The zero-order valence-corrected chi connectivity index (χ0v) is 10.9. The second-order valence-electron chi connectivity index (χ2n) is 4.00. The summed E-state index contributed by atoms with van der Waals surface area (Å²) in [7, 11) is 0. The summed E-state index contributed by atoms with van der Waals surface area (Å²) >= 11 is 3.46. The van der Waals surface area contributed by atoms with Crippen molar-refractivity contribution in [1.82, 2.24) is 9.78 Å². The number of nitrogens with zero attached hydrogens (tertiary/aromatic N) is 2. The fourth-order valence-electron chi connectivity index (χ4n) is 1.70. The average molecular weight is 280 g/mol. The fourth-order valence-corrected chi connectivity index (χ4v) is 2.10. The maximum Gasteiger partial charge on any atom is 0.0915 e. The topological polar surface area (TPSA) is 43.8 Å². The molecule has 0 aliphatic carbocycles. The van der Waals surface area contributed by atoms with Crippen LogP contribution in [0.1, 0.15) is 19.9 Å². The summed E-state index contributed by atoms with van der Waals surface area (Å²) < 4.78 is 2.98. The molecule has 0 saturated carbocycles. The van der Waals surface area contributed by atoms with E-state index in [1.807, 2.05) is 28.9 Å². The van der Waals surface area contributed by atoms with Gasteiger partial charge in [0.2, 0.25) is 0 Å². The van der Waals surface area contributed by atoms with Crippen LogP contribution in [-0.4, -0.2) is 9.78 Å². The number of nitrogens with two attached hydrogens (primary N) is 1. The molecule has 0 fully saturated rings. The summed E-state index contributed by atoms with van der Waals surface area (Å²) in [5, 5.41) is 4.30. The molecule has 0 aliphatic rings. The van der Waals surface area contributed by atoms with E-state index < -0.39 is 0 Å². The zero-order chi connectivity index (χ0) is 11.7. The van der Waals surface area contributed by atoms with Crippen molar-refractivity contribution in [2.24, 2.45) is 0 Å². The highest BCUT2D eigenvalue weighted by atomic mass is 79.9. The Bertz CT molecular complexity index is 503. The molecular weight excluding hydrogens is 266 g/mol. The normalized spacial score (nSPS) is 11.0. The second-order valence-corrected chi connectivity index (χ2v) is 4.91. The zero-order valence-electron chi connectivity index (χ0n) is 9.31. The Kier molecular flexibility index (Phi) is 3.01. The van der Waals surface area contributed by atoms with Crippen LogP contribution in [0.15, 0.2) is 34.9 Å². The van der Waals surface area contributed by atoms with Crippen LogP contribution in [0, 0.1) is 0 Å². The van der Waals surface area contributed by atoms with Crippen LogP contribution in [0.5, 0.6) is 0 Å². The third-order valence-corrected chi connectivity index (χ3v) is 2.90. The molecule has 0 atom stereocenters. The van der Waals surface area contributed by atoms with Crippen molar-refractivity contribution in [2.45, 2.75) is 19.9 Å². The van der Waals surface area contributed by atoms with Crippen LogP contribution in [-0.2, 0) is 0 Å². The summed E-state index contributed by atoms with van der Waals surface area (Å²) in [6, 6.07) is 8.38. The predicted octanol–water partition coefficient (Wildman–Crippen LogP) is 3.48. The van der Waals surface area contributed by atoms with Crippen molar-refractivity contribution in [3.63, 3.8) is 0 Å². The smallest absolute Gasteiger partial charge is 0.0915 e. The molecule has 3 nitrogen and oxygen atoms in total. The minimum absolute atomic E-state index is 0.297. The molecule has 1 aromatic heterocycles. The van der Waals surface area contributed by atoms with E-state index in [9.17, 15) is 0 Å². The van der Waals surface area contributed by atoms with Crippen LogP contribution in [0.25, 0.3) is 11.3 Å². The Morgan fingerprint density at radius 1 is 1.38 bits per heavy atom. The van der Waals surface area contributed by atoms with Gasteiger partial charge in [0.15, 0.2) is 0 Å². The lowest BCUT2D eigenvalue weighted by Crippen LogP contribution is -2.05. The summed E-state index contributed by atoms with van der Waals surface area (Å²) in [6.45, 7) is 4.18. The van der Waals surface area contributed by atoms with Crippen LogP contribution < -0.4 is 5.73 Å². The Labute approximate surface area is 103 Å². The van der Waals surface area contributed by atoms with E-state index in [-0.39, 0.29) is 0 Å². The molecule has 84 valence electrons. The van der Waals surface area contributed by atoms with Crippen LogP contribution in [0.4, 0.5) is 5.69 Å². The summed E-state index contributed by atoms with van der Waals surface area (Å²) in [5.74, 6) is 0. The first-order chi connectivity index (χ1) is 7.59. The molecule has 4 heteroatoms. The monoisotopic (exact) mass is 279 g/mol. The van der Waals surface area contributed by atoms with Gasteiger partial charge in [-0.15, -0.1) is 0 Å². The van der Waals surface area contributed by atoms with Crippen molar-refractivity contribution < 1.29 is 0 Å². The molecule has 0 amide bonds. The van der Waals surface area contributed by atoms with Crippen LogP contribution >= 0.6 is 15.9 Å². The van der Waals surface area contributed by atoms with Gasteiger partial charge in [-0.05, 0) is 26.0 Å². The maximum atomic E-state index is 5.96. The number of hydrogen-bond donors (Lipinski definition) is 1. The molecule has 0 spiro atoms. The number of benzene rings is 1. The fraction of sp³-hybridized carbons (Fsp3) is 0.250. The third-order valence-electron chi connectivity index (χ3n) is 2.41. The second kappa shape index (κ2) is 4.29. The van der Waals surface area contributed by atoms with Gasteiger partial charge in [0.05, 0.1) is 17.6 Å². The molecule has 1 aromatic carbocycles. The van der Waals surface area contributed by atoms with Gasteiger partial charge >= 0.3 is 0 Å². The van der Waals surface area contributed by atoms with Gasteiger partial charge in [0.25, 0.3) is 0 Å². The largest absolute Gasteiger partial charge is 0.396 e. The third kappa shape index (κ3) is 1.97. The number of anilines is 1. The molecule has 2 aromatic rings. The van der Waals surface area contributed by atoms with Crippen molar-refractivity contribution in [3.05, 3.63) is 34.9 Å². The lowest BCUT2D eigenvalue weighted by molar-refractivity contribution is 0.538. The van der Waals surface area contributed by atoms with Gasteiger partial charge in [-0.1, -0.05) is 28.1 Å². The van der Waals surface area contributed by atoms with Crippen molar-refractivity contribution in [3.8, 4) is 11.3 Å². The molecule has 1 heterocycles. The van der Waals surface area contributed by atoms with E-state index in [0.29, 0.717) is 11.7 Å². The first kappa shape index (κ1) is 11.2. The number of aromatic nitrogens is 2. The average Bonchev–Trinajstić information content (AvgIpc) is 2.60. The standard InChI is InChI=1S/C12H14BrN3/c1-8(2)16-12(11(14)7-15-16)9-4-3-5-10(13)6-9/h3-8H,14H2,1-2H3. The van der Waals surface area contributed by atoms with Gasteiger partial charge in [0.1, 0.15) is 0 Å².